The number of imide groups is 1. The molecule has 3 unspecified atom stereocenters. The fourth-order valence-electron chi connectivity index (χ4n) is 6.59. The molecule has 0 radical (unpaired) electrons. The van der Waals surface area contributed by atoms with Crippen LogP contribution in [-0.2, 0) is 14.4 Å². The highest BCUT2D eigenvalue weighted by Gasteiger charge is 2.60. The van der Waals surface area contributed by atoms with E-state index in [1.165, 1.54) is 11.1 Å². The van der Waals surface area contributed by atoms with Crippen LogP contribution in [0.1, 0.15) is 30.0 Å². The van der Waals surface area contributed by atoms with Crippen LogP contribution in [0.15, 0.2) is 66.7 Å². The summed E-state index contributed by atoms with van der Waals surface area (Å²) in [5.41, 5.74) is 2.54. The zero-order valence-electron chi connectivity index (χ0n) is 20.3. The fraction of sp³-hybridized carbons (Fsp3) is 0.448. The van der Waals surface area contributed by atoms with E-state index in [-0.39, 0.29) is 41.5 Å². The van der Waals surface area contributed by atoms with Gasteiger partial charge in [0.2, 0.25) is 0 Å². The molecule has 0 N–H and O–H groups in total. The van der Waals surface area contributed by atoms with Gasteiger partial charge in [0.15, 0.2) is 0 Å². The minimum atomic E-state index is -0.196. The molecule has 7 heteroatoms. The second-order valence-electron chi connectivity index (χ2n) is 10.4. The molecule has 2 aromatic carbocycles. The van der Waals surface area contributed by atoms with E-state index in [1.54, 1.807) is 0 Å². The van der Waals surface area contributed by atoms with Gasteiger partial charge < -0.3 is 4.90 Å². The van der Waals surface area contributed by atoms with Gasteiger partial charge in [0.1, 0.15) is 0 Å². The Hall–Kier alpha value is -2.51. The summed E-state index contributed by atoms with van der Waals surface area (Å²) in [6.07, 6.45) is 5.94. The van der Waals surface area contributed by atoms with Gasteiger partial charge in [-0.1, -0.05) is 66.2 Å². The Balaban J connectivity index is 0.999. The number of fused-ring (bicyclic) bond motifs is 5. The molecule has 1 saturated carbocycles. The lowest BCUT2D eigenvalue weighted by Gasteiger charge is -2.40. The highest BCUT2D eigenvalue weighted by molar-refractivity contribution is 6.30. The summed E-state index contributed by atoms with van der Waals surface area (Å²) in [6.45, 7) is 5.14. The lowest BCUT2D eigenvalue weighted by Crippen LogP contribution is -2.48. The maximum atomic E-state index is 12.8. The van der Waals surface area contributed by atoms with Crippen molar-refractivity contribution in [1.29, 1.82) is 0 Å². The van der Waals surface area contributed by atoms with Gasteiger partial charge in [0.25, 0.3) is 11.8 Å². The minimum Gasteiger partial charge on any atom is -0.301 e. The number of carbonyl (C=O) groups excluding carboxylic acids is 2. The number of amides is 2. The Labute approximate surface area is 217 Å². The van der Waals surface area contributed by atoms with Crippen molar-refractivity contribution < 1.29 is 14.4 Å². The van der Waals surface area contributed by atoms with Crippen molar-refractivity contribution in [3.8, 4) is 0 Å². The number of hydrogen-bond acceptors (Lipinski definition) is 5. The first kappa shape index (κ1) is 23.9. The Bertz CT molecular complexity index is 1100. The Kier molecular flexibility index (Phi) is 6.69. The first-order valence-electron chi connectivity index (χ1n) is 13.1. The lowest BCUT2D eigenvalue weighted by atomic mass is 9.85. The quantitative estimate of drug-likeness (QED) is 0.306. The van der Waals surface area contributed by atoms with E-state index in [9.17, 15) is 9.59 Å². The number of rotatable bonds is 8. The highest BCUT2D eigenvalue weighted by atomic mass is 35.5. The molecule has 188 valence electrons. The van der Waals surface area contributed by atoms with Crippen LogP contribution in [-0.4, -0.2) is 66.0 Å². The largest absolute Gasteiger partial charge is 0.301 e. The Morgan fingerprint density at radius 3 is 2.08 bits per heavy atom. The second kappa shape index (κ2) is 10.1. The highest BCUT2D eigenvalue weighted by Crippen LogP contribution is 2.52. The topological polar surface area (TPSA) is 53.1 Å². The Morgan fingerprint density at radius 2 is 1.44 bits per heavy atom. The second-order valence-corrected chi connectivity index (χ2v) is 10.8. The predicted molar refractivity (Wildman–Crippen MR) is 138 cm³/mol. The van der Waals surface area contributed by atoms with E-state index in [2.05, 4.69) is 64.4 Å². The van der Waals surface area contributed by atoms with Gasteiger partial charge in [-0.15, -0.1) is 0 Å². The van der Waals surface area contributed by atoms with Gasteiger partial charge in [-0.2, -0.15) is 5.06 Å². The van der Waals surface area contributed by atoms with E-state index >= 15 is 0 Å². The van der Waals surface area contributed by atoms with Gasteiger partial charge in [-0.3, -0.25) is 19.3 Å². The SMILES string of the molecule is O=C1C2C(C(=O)N1OCCCN1CCN(C(c3ccccc3)c3ccc(Cl)cc3)CC1)[C@H]1C=C[C@@H]2C1. The number of carbonyl (C=O) groups is 2. The molecule has 36 heavy (non-hydrogen) atoms. The van der Waals surface area contributed by atoms with Crippen LogP contribution in [0.2, 0.25) is 5.02 Å². The molecule has 6 nitrogen and oxygen atoms in total. The zero-order valence-corrected chi connectivity index (χ0v) is 21.1. The van der Waals surface area contributed by atoms with Gasteiger partial charge in [-0.25, -0.2) is 0 Å². The first-order valence-corrected chi connectivity index (χ1v) is 13.4. The maximum Gasteiger partial charge on any atom is 0.258 e. The van der Waals surface area contributed by atoms with E-state index in [1.807, 2.05) is 12.1 Å². The third-order valence-corrected chi connectivity index (χ3v) is 8.59. The van der Waals surface area contributed by atoms with Crippen LogP contribution in [0.3, 0.4) is 0 Å². The molecule has 2 aromatic rings. The lowest BCUT2D eigenvalue weighted by molar-refractivity contribution is -0.190. The summed E-state index contributed by atoms with van der Waals surface area (Å²) in [4.78, 5) is 36.2. The van der Waals surface area contributed by atoms with Crippen LogP contribution < -0.4 is 0 Å². The first-order chi connectivity index (χ1) is 17.6. The van der Waals surface area contributed by atoms with Gasteiger partial charge >= 0.3 is 0 Å². The van der Waals surface area contributed by atoms with Crippen molar-refractivity contribution in [2.45, 2.75) is 18.9 Å². The van der Waals surface area contributed by atoms with Crippen LogP contribution >= 0.6 is 11.6 Å². The summed E-state index contributed by atoms with van der Waals surface area (Å²) < 4.78 is 0. The third-order valence-electron chi connectivity index (χ3n) is 8.34. The standard InChI is InChI=1S/C29H32ClN3O3/c30-24-11-9-21(10-12-24)27(20-5-2-1-3-6-20)32-16-14-31(15-17-32)13-4-18-36-33-28(34)25-22-7-8-23(19-22)26(25)29(33)35/h1-3,5-12,22-23,25-27H,4,13-19H2/t22-,23+,25?,26?,27?. The predicted octanol–water partition coefficient (Wildman–Crippen LogP) is 4.18. The molecule has 2 aliphatic carbocycles. The molecular weight excluding hydrogens is 474 g/mol. The summed E-state index contributed by atoms with van der Waals surface area (Å²) in [7, 11) is 0. The monoisotopic (exact) mass is 505 g/mol. The number of halogens is 1. The fourth-order valence-corrected chi connectivity index (χ4v) is 6.71. The number of hydroxylamine groups is 2. The van der Waals surface area contributed by atoms with E-state index < -0.39 is 0 Å². The van der Waals surface area contributed by atoms with Gasteiger partial charge in [-0.05, 0) is 47.9 Å². The molecule has 2 bridgehead atoms. The minimum absolute atomic E-state index is 0.135. The summed E-state index contributed by atoms with van der Waals surface area (Å²) in [5.74, 6) is -0.227. The molecular formula is C29H32ClN3O3. The normalized spacial score (nSPS) is 28.8. The molecule has 6 rings (SSSR count). The van der Waals surface area contributed by atoms with Crippen molar-refractivity contribution in [3.05, 3.63) is 82.9 Å². The summed E-state index contributed by atoms with van der Waals surface area (Å²) >= 11 is 6.15. The number of allylic oxidation sites excluding steroid dienone is 2. The molecule has 5 atom stereocenters. The number of benzene rings is 2. The van der Waals surface area contributed by atoms with Crippen molar-refractivity contribution in [2.75, 3.05) is 39.3 Å². The molecule has 3 fully saturated rings. The summed E-state index contributed by atoms with van der Waals surface area (Å²) in [5, 5.41) is 1.83. The average molecular weight is 506 g/mol. The van der Waals surface area contributed by atoms with E-state index in [4.69, 9.17) is 16.4 Å². The average Bonchev–Trinajstić information content (AvgIpc) is 3.59. The van der Waals surface area contributed by atoms with Crippen LogP contribution in [0.5, 0.6) is 0 Å². The number of nitrogens with zero attached hydrogens (tertiary/aromatic N) is 3. The summed E-state index contributed by atoms with van der Waals surface area (Å²) in [6, 6.07) is 19.0. The molecule has 2 aliphatic heterocycles. The molecule has 2 saturated heterocycles. The van der Waals surface area contributed by atoms with Crippen LogP contribution in [0.25, 0.3) is 0 Å². The smallest absolute Gasteiger partial charge is 0.258 e. The van der Waals surface area contributed by atoms with E-state index in [0.29, 0.717) is 6.61 Å². The van der Waals surface area contributed by atoms with Crippen molar-refractivity contribution in [1.82, 2.24) is 14.9 Å². The molecule has 2 amide bonds. The van der Waals surface area contributed by atoms with E-state index in [0.717, 1.165) is 55.7 Å². The molecule has 4 aliphatic rings. The Morgan fingerprint density at radius 1 is 0.833 bits per heavy atom. The molecule has 0 aromatic heterocycles. The molecule has 2 heterocycles. The van der Waals surface area contributed by atoms with Crippen LogP contribution in [0, 0.1) is 23.7 Å². The van der Waals surface area contributed by atoms with Crippen LogP contribution in [0.4, 0.5) is 0 Å². The third kappa shape index (κ3) is 4.41. The number of piperazine rings is 1. The molecule has 0 spiro atoms. The van der Waals surface area contributed by atoms with Gasteiger partial charge in [0.05, 0.1) is 24.5 Å². The maximum absolute atomic E-state index is 12.8. The number of hydrogen-bond donors (Lipinski definition) is 0. The van der Waals surface area contributed by atoms with Crippen molar-refractivity contribution in [3.63, 3.8) is 0 Å². The van der Waals surface area contributed by atoms with Crippen molar-refractivity contribution in [2.24, 2.45) is 23.7 Å². The van der Waals surface area contributed by atoms with Gasteiger partial charge in [0, 0.05) is 37.7 Å². The zero-order chi connectivity index (χ0) is 24.6. The van der Waals surface area contributed by atoms with Crippen molar-refractivity contribution >= 4 is 23.4 Å².